The molecule has 0 amide bonds. The van der Waals surface area contributed by atoms with Gasteiger partial charge in [0.1, 0.15) is 9.84 Å². The van der Waals surface area contributed by atoms with Crippen LogP contribution in [0.15, 0.2) is 0 Å². The topological polar surface area (TPSA) is 46.2 Å². The summed E-state index contributed by atoms with van der Waals surface area (Å²) in [7, 11) is -2.81. The first kappa shape index (κ1) is 19.0. The SMILES string of the molecule is CC(C)CNCC1CCC(C)(C)CC1CCCS(C)(=O)=O. The maximum absolute atomic E-state index is 11.3. The number of rotatable bonds is 8. The maximum atomic E-state index is 11.3. The summed E-state index contributed by atoms with van der Waals surface area (Å²) < 4.78 is 22.6. The van der Waals surface area contributed by atoms with E-state index in [2.05, 4.69) is 33.0 Å². The lowest BCUT2D eigenvalue weighted by molar-refractivity contribution is 0.109. The fourth-order valence-corrected chi connectivity index (χ4v) is 4.25. The lowest BCUT2D eigenvalue weighted by Gasteiger charge is -2.41. The largest absolute Gasteiger partial charge is 0.316 e. The minimum atomic E-state index is -2.81. The smallest absolute Gasteiger partial charge is 0.147 e. The van der Waals surface area contributed by atoms with Gasteiger partial charge in [0.2, 0.25) is 0 Å². The zero-order chi connectivity index (χ0) is 16.1. The average Bonchev–Trinajstić information content (AvgIpc) is 2.29. The van der Waals surface area contributed by atoms with Crippen LogP contribution in [0.5, 0.6) is 0 Å². The number of sulfone groups is 1. The van der Waals surface area contributed by atoms with E-state index in [0.29, 0.717) is 23.0 Å². The molecular formula is C17H35NO2S. The van der Waals surface area contributed by atoms with Crippen molar-refractivity contribution in [2.45, 2.75) is 59.8 Å². The Kier molecular flexibility index (Phi) is 7.18. The van der Waals surface area contributed by atoms with Crippen molar-refractivity contribution in [1.29, 1.82) is 0 Å². The summed E-state index contributed by atoms with van der Waals surface area (Å²) in [5.41, 5.74) is 0.421. The number of hydrogen-bond donors (Lipinski definition) is 1. The Bertz CT molecular complexity index is 401. The molecule has 0 saturated heterocycles. The fourth-order valence-electron chi connectivity index (χ4n) is 3.56. The van der Waals surface area contributed by atoms with Gasteiger partial charge in [0, 0.05) is 12.0 Å². The number of nitrogens with one attached hydrogen (secondary N) is 1. The van der Waals surface area contributed by atoms with Crippen molar-refractivity contribution in [3.05, 3.63) is 0 Å². The van der Waals surface area contributed by atoms with Gasteiger partial charge >= 0.3 is 0 Å². The molecule has 0 aromatic carbocycles. The normalized spacial score (nSPS) is 26.2. The van der Waals surface area contributed by atoms with Crippen LogP contribution < -0.4 is 5.32 Å². The molecule has 1 saturated carbocycles. The van der Waals surface area contributed by atoms with Crippen LogP contribution in [0.3, 0.4) is 0 Å². The minimum absolute atomic E-state index is 0.343. The van der Waals surface area contributed by atoms with Gasteiger partial charge in [0.25, 0.3) is 0 Å². The Morgan fingerprint density at radius 1 is 1.24 bits per heavy atom. The highest BCUT2D eigenvalue weighted by Gasteiger charge is 2.34. The van der Waals surface area contributed by atoms with Crippen LogP contribution in [0.1, 0.15) is 59.8 Å². The van der Waals surface area contributed by atoms with Crippen LogP contribution in [-0.2, 0) is 9.84 Å². The molecule has 0 spiro atoms. The van der Waals surface area contributed by atoms with E-state index in [1.165, 1.54) is 25.5 Å². The summed E-state index contributed by atoms with van der Waals surface area (Å²) >= 11 is 0. The second-order valence-corrected chi connectivity index (χ2v) is 10.5. The molecule has 0 aromatic heterocycles. The van der Waals surface area contributed by atoms with E-state index in [9.17, 15) is 8.42 Å². The van der Waals surface area contributed by atoms with Gasteiger partial charge in [-0.3, -0.25) is 0 Å². The van der Waals surface area contributed by atoms with Gasteiger partial charge in [-0.15, -0.1) is 0 Å². The highest BCUT2D eigenvalue weighted by Crippen LogP contribution is 2.43. The number of hydrogen-bond acceptors (Lipinski definition) is 3. The lowest BCUT2D eigenvalue weighted by Crippen LogP contribution is -2.37. The summed E-state index contributed by atoms with van der Waals surface area (Å²) in [6.45, 7) is 11.4. The molecule has 1 rings (SSSR count). The van der Waals surface area contributed by atoms with Crippen LogP contribution in [-0.4, -0.2) is 33.5 Å². The summed E-state index contributed by atoms with van der Waals surface area (Å²) in [6, 6.07) is 0. The summed E-state index contributed by atoms with van der Waals surface area (Å²) in [6.07, 6.45) is 7.04. The fraction of sp³-hybridized carbons (Fsp3) is 1.00. The van der Waals surface area contributed by atoms with Crippen LogP contribution in [0.25, 0.3) is 0 Å². The molecule has 4 heteroatoms. The molecule has 0 radical (unpaired) electrons. The molecule has 1 fully saturated rings. The van der Waals surface area contributed by atoms with Crippen molar-refractivity contribution in [1.82, 2.24) is 5.32 Å². The van der Waals surface area contributed by atoms with E-state index in [1.807, 2.05) is 0 Å². The molecule has 0 bridgehead atoms. The van der Waals surface area contributed by atoms with E-state index < -0.39 is 9.84 Å². The van der Waals surface area contributed by atoms with Crippen molar-refractivity contribution < 1.29 is 8.42 Å². The van der Waals surface area contributed by atoms with Crippen molar-refractivity contribution in [3.63, 3.8) is 0 Å². The third-order valence-electron chi connectivity index (χ3n) is 4.72. The first-order chi connectivity index (χ1) is 9.59. The second kappa shape index (κ2) is 7.96. The Labute approximate surface area is 132 Å². The Morgan fingerprint density at radius 2 is 1.90 bits per heavy atom. The summed E-state index contributed by atoms with van der Waals surface area (Å²) in [5, 5.41) is 3.60. The zero-order valence-corrected chi connectivity index (χ0v) is 15.4. The molecule has 1 aliphatic carbocycles. The molecule has 0 aliphatic heterocycles. The van der Waals surface area contributed by atoms with Gasteiger partial charge in [-0.05, 0) is 68.4 Å². The highest BCUT2D eigenvalue weighted by atomic mass is 32.2. The highest BCUT2D eigenvalue weighted by molar-refractivity contribution is 7.90. The van der Waals surface area contributed by atoms with Crippen molar-refractivity contribution in [2.75, 3.05) is 25.1 Å². The van der Waals surface area contributed by atoms with Gasteiger partial charge in [-0.1, -0.05) is 27.7 Å². The van der Waals surface area contributed by atoms with Crippen LogP contribution in [0.2, 0.25) is 0 Å². The van der Waals surface area contributed by atoms with Gasteiger partial charge in [-0.2, -0.15) is 0 Å². The van der Waals surface area contributed by atoms with E-state index >= 15 is 0 Å². The molecule has 1 N–H and O–H groups in total. The molecule has 2 atom stereocenters. The maximum Gasteiger partial charge on any atom is 0.147 e. The lowest BCUT2D eigenvalue weighted by atomic mass is 9.66. The van der Waals surface area contributed by atoms with E-state index in [4.69, 9.17) is 0 Å². The standard InChI is InChI=1S/C17H35NO2S/c1-14(2)12-18-13-16-8-9-17(3,4)11-15(16)7-6-10-21(5,19)20/h14-16,18H,6-13H2,1-5H3. The van der Waals surface area contributed by atoms with Crippen molar-refractivity contribution >= 4 is 9.84 Å². The van der Waals surface area contributed by atoms with Crippen molar-refractivity contribution in [3.8, 4) is 0 Å². The third kappa shape index (κ3) is 8.20. The van der Waals surface area contributed by atoms with E-state index in [-0.39, 0.29) is 0 Å². The Balaban J connectivity index is 2.49. The van der Waals surface area contributed by atoms with Gasteiger partial charge in [-0.25, -0.2) is 8.42 Å². The first-order valence-electron chi connectivity index (χ1n) is 8.47. The average molecular weight is 318 g/mol. The predicted octanol–water partition coefficient (Wildman–Crippen LogP) is 3.50. The quantitative estimate of drug-likeness (QED) is 0.745. The summed E-state index contributed by atoms with van der Waals surface area (Å²) in [4.78, 5) is 0. The molecule has 126 valence electrons. The monoisotopic (exact) mass is 317 g/mol. The van der Waals surface area contributed by atoms with Gasteiger partial charge < -0.3 is 5.32 Å². The van der Waals surface area contributed by atoms with Gasteiger partial charge in [0.15, 0.2) is 0 Å². The molecule has 1 aliphatic rings. The predicted molar refractivity (Wildman–Crippen MR) is 91.3 cm³/mol. The molecular weight excluding hydrogens is 282 g/mol. The van der Waals surface area contributed by atoms with E-state index in [1.54, 1.807) is 0 Å². The van der Waals surface area contributed by atoms with Crippen molar-refractivity contribution in [2.24, 2.45) is 23.2 Å². The van der Waals surface area contributed by atoms with Crippen LogP contribution >= 0.6 is 0 Å². The molecule has 3 nitrogen and oxygen atoms in total. The molecule has 21 heavy (non-hydrogen) atoms. The van der Waals surface area contributed by atoms with Gasteiger partial charge in [0.05, 0.1) is 0 Å². The van der Waals surface area contributed by atoms with Crippen LogP contribution in [0, 0.1) is 23.2 Å². The Hall–Kier alpha value is -0.0900. The minimum Gasteiger partial charge on any atom is -0.316 e. The second-order valence-electron chi connectivity index (χ2n) is 8.25. The van der Waals surface area contributed by atoms with Crippen LogP contribution in [0.4, 0.5) is 0 Å². The van der Waals surface area contributed by atoms with E-state index in [0.717, 1.165) is 31.8 Å². The zero-order valence-electron chi connectivity index (χ0n) is 14.6. The Morgan fingerprint density at radius 3 is 2.48 bits per heavy atom. The third-order valence-corrected chi connectivity index (χ3v) is 5.75. The molecule has 0 aromatic rings. The summed E-state index contributed by atoms with van der Waals surface area (Å²) in [5.74, 6) is 2.43. The molecule has 0 heterocycles. The first-order valence-corrected chi connectivity index (χ1v) is 10.5. The molecule has 2 unspecified atom stereocenters.